The Morgan fingerprint density at radius 2 is 1.65 bits per heavy atom. The number of anilines is 2. The minimum atomic E-state index is -1.27. The van der Waals surface area contributed by atoms with Gasteiger partial charge in [0.1, 0.15) is 12.7 Å². The maximum absolute atomic E-state index is 12.6. The van der Waals surface area contributed by atoms with Gasteiger partial charge in [-0.15, -0.1) is 5.10 Å². The van der Waals surface area contributed by atoms with E-state index in [0.717, 1.165) is 17.5 Å². The molecule has 1 N–H and O–H groups in total. The summed E-state index contributed by atoms with van der Waals surface area (Å²) in [5, 5.41) is 7.36. The molecule has 2 aromatic rings. The number of rotatable bonds is 10. The second kappa shape index (κ2) is 12.3. The highest BCUT2D eigenvalue weighted by Gasteiger charge is 2.52. The lowest BCUT2D eigenvalue weighted by Crippen LogP contribution is -2.41. The highest BCUT2D eigenvalue weighted by atomic mass is 16.7. The van der Waals surface area contributed by atoms with Gasteiger partial charge in [0.15, 0.2) is 18.4 Å². The van der Waals surface area contributed by atoms with E-state index in [-0.39, 0.29) is 18.4 Å². The number of benzene rings is 1. The number of hydrogen-bond acceptors (Lipinski definition) is 12. The molecule has 0 radical (unpaired) electrons. The van der Waals surface area contributed by atoms with Crippen LogP contribution < -0.4 is 5.32 Å². The predicted molar refractivity (Wildman–Crippen MR) is 127 cm³/mol. The van der Waals surface area contributed by atoms with Crippen molar-refractivity contribution in [1.29, 1.82) is 0 Å². The molecule has 4 atom stereocenters. The van der Waals surface area contributed by atoms with Gasteiger partial charge in [-0.25, -0.2) is 9.48 Å². The van der Waals surface area contributed by atoms with Gasteiger partial charge in [0.05, 0.1) is 7.11 Å². The Morgan fingerprint density at radius 1 is 1.00 bits per heavy atom. The van der Waals surface area contributed by atoms with Gasteiger partial charge >= 0.3 is 23.9 Å². The smallest absolute Gasteiger partial charge is 0.376 e. The molecule has 3 rings (SSSR count). The van der Waals surface area contributed by atoms with E-state index in [1.165, 1.54) is 33.4 Å². The SMILES string of the molecule is CCCc1ccc(Nc2nc(C(=O)OC)n([C@@H]3O[C@H](COC(C)=O)[C@@H](OC(C)=O)[C@H]3OC(C)=O)n2)cc1. The molecular formula is C24H30N4O9. The van der Waals surface area contributed by atoms with Crippen LogP contribution in [0.4, 0.5) is 11.6 Å². The van der Waals surface area contributed by atoms with Crippen molar-refractivity contribution in [3.8, 4) is 0 Å². The van der Waals surface area contributed by atoms with E-state index >= 15 is 0 Å². The Kier molecular flexibility index (Phi) is 9.17. The third kappa shape index (κ3) is 7.03. The summed E-state index contributed by atoms with van der Waals surface area (Å²) in [6, 6.07) is 7.63. The fraction of sp³-hybridized carbons (Fsp3) is 0.500. The Hall–Kier alpha value is -4.00. The monoisotopic (exact) mass is 518 g/mol. The number of carbonyl (C=O) groups is 4. The largest absolute Gasteiger partial charge is 0.463 e. The zero-order valence-electron chi connectivity index (χ0n) is 21.3. The molecule has 1 aliphatic heterocycles. The first-order chi connectivity index (χ1) is 17.6. The molecule has 200 valence electrons. The van der Waals surface area contributed by atoms with E-state index < -0.39 is 48.4 Å². The standard InChI is InChI=1S/C24H30N4O9/c1-6-7-16-8-10-17(11-9-16)25-24-26-21(23(32)33-5)28(27-24)22-20(36-15(4)31)19(35-14(3)30)18(37-22)12-34-13(2)29/h8-11,18-20,22H,6-7,12H2,1-5H3,(H,25,27)/t18-,19-,20-,22-/m1/s1. The number of nitrogens with one attached hydrogen (secondary N) is 1. The Balaban J connectivity index is 1.98. The lowest BCUT2D eigenvalue weighted by molar-refractivity contribution is -0.166. The second-order valence-corrected chi connectivity index (χ2v) is 8.28. The van der Waals surface area contributed by atoms with Crippen molar-refractivity contribution in [2.45, 2.75) is 65.1 Å². The normalized spacial score (nSPS) is 20.7. The van der Waals surface area contributed by atoms with Crippen LogP contribution in [0.2, 0.25) is 0 Å². The third-order valence-electron chi connectivity index (χ3n) is 5.33. The molecule has 0 spiro atoms. The average Bonchev–Trinajstić information content (AvgIpc) is 3.39. The van der Waals surface area contributed by atoms with Crippen LogP contribution >= 0.6 is 0 Å². The molecule has 0 unspecified atom stereocenters. The summed E-state index contributed by atoms with van der Waals surface area (Å²) in [5.74, 6) is -3.03. The van der Waals surface area contributed by atoms with Crippen molar-refractivity contribution in [2.75, 3.05) is 19.0 Å². The van der Waals surface area contributed by atoms with Gasteiger partial charge in [-0.3, -0.25) is 14.4 Å². The summed E-state index contributed by atoms with van der Waals surface area (Å²) in [6.07, 6.45) is -2.75. The average molecular weight is 519 g/mol. The molecule has 0 saturated carbocycles. The zero-order chi connectivity index (χ0) is 27.1. The van der Waals surface area contributed by atoms with Crippen LogP contribution in [0.5, 0.6) is 0 Å². The molecule has 37 heavy (non-hydrogen) atoms. The number of carbonyl (C=O) groups excluding carboxylic acids is 4. The predicted octanol–water partition coefficient (Wildman–Crippen LogP) is 2.08. The summed E-state index contributed by atoms with van der Waals surface area (Å²) < 4.78 is 27.7. The highest BCUT2D eigenvalue weighted by Crippen LogP contribution is 2.35. The topological polar surface area (TPSA) is 157 Å². The van der Waals surface area contributed by atoms with Gasteiger partial charge in [0.25, 0.3) is 0 Å². The molecule has 13 heteroatoms. The summed E-state index contributed by atoms with van der Waals surface area (Å²) in [6.45, 7) is 5.33. The molecule has 1 fully saturated rings. The van der Waals surface area contributed by atoms with Crippen molar-refractivity contribution in [1.82, 2.24) is 14.8 Å². The molecular weight excluding hydrogens is 488 g/mol. The van der Waals surface area contributed by atoms with E-state index in [1.54, 1.807) is 0 Å². The van der Waals surface area contributed by atoms with Crippen LogP contribution in [-0.4, -0.2) is 70.7 Å². The Morgan fingerprint density at radius 3 is 2.22 bits per heavy atom. The first kappa shape index (κ1) is 27.6. The number of ether oxygens (including phenoxy) is 5. The maximum Gasteiger partial charge on any atom is 0.376 e. The molecule has 13 nitrogen and oxygen atoms in total. The summed E-state index contributed by atoms with van der Waals surface area (Å²) in [4.78, 5) is 51.9. The lowest BCUT2D eigenvalue weighted by atomic mass is 10.1. The molecule has 1 saturated heterocycles. The fourth-order valence-electron chi connectivity index (χ4n) is 3.85. The van der Waals surface area contributed by atoms with E-state index in [2.05, 4.69) is 22.3 Å². The third-order valence-corrected chi connectivity index (χ3v) is 5.33. The van der Waals surface area contributed by atoms with Gasteiger partial charge in [-0.2, -0.15) is 4.98 Å². The van der Waals surface area contributed by atoms with E-state index in [1.807, 2.05) is 24.3 Å². The van der Waals surface area contributed by atoms with Gasteiger partial charge in [0, 0.05) is 26.5 Å². The molecule has 0 aliphatic carbocycles. The highest BCUT2D eigenvalue weighted by molar-refractivity contribution is 5.86. The molecule has 1 aromatic heterocycles. The van der Waals surface area contributed by atoms with Crippen LogP contribution in [-0.2, 0) is 44.5 Å². The van der Waals surface area contributed by atoms with Crippen LogP contribution in [0.15, 0.2) is 24.3 Å². The summed E-state index contributed by atoms with van der Waals surface area (Å²) in [5.41, 5.74) is 1.84. The molecule has 0 bridgehead atoms. The Bertz CT molecular complexity index is 1130. The van der Waals surface area contributed by atoms with Gasteiger partial charge in [-0.05, 0) is 24.1 Å². The minimum Gasteiger partial charge on any atom is -0.463 e. The molecule has 1 aromatic carbocycles. The molecule has 1 aliphatic rings. The lowest BCUT2D eigenvalue weighted by Gasteiger charge is -2.23. The van der Waals surface area contributed by atoms with Gasteiger partial charge in [-0.1, -0.05) is 25.5 Å². The fourth-order valence-corrected chi connectivity index (χ4v) is 3.85. The van der Waals surface area contributed by atoms with E-state index in [4.69, 9.17) is 23.7 Å². The van der Waals surface area contributed by atoms with Crippen molar-refractivity contribution < 1.29 is 42.9 Å². The molecule has 0 amide bonds. The molecule has 2 heterocycles. The van der Waals surface area contributed by atoms with Crippen LogP contribution in [0.25, 0.3) is 0 Å². The minimum absolute atomic E-state index is 0.0429. The second-order valence-electron chi connectivity index (χ2n) is 8.28. The summed E-state index contributed by atoms with van der Waals surface area (Å²) in [7, 11) is 1.17. The number of aryl methyl sites for hydroxylation is 1. The van der Waals surface area contributed by atoms with Crippen molar-refractivity contribution in [3.05, 3.63) is 35.7 Å². The van der Waals surface area contributed by atoms with E-state index in [9.17, 15) is 19.2 Å². The Labute approximate surface area is 213 Å². The maximum atomic E-state index is 12.6. The number of hydrogen-bond donors (Lipinski definition) is 1. The zero-order valence-corrected chi connectivity index (χ0v) is 21.3. The van der Waals surface area contributed by atoms with Crippen molar-refractivity contribution in [2.24, 2.45) is 0 Å². The number of methoxy groups -OCH3 is 1. The summed E-state index contributed by atoms with van der Waals surface area (Å²) >= 11 is 0. The quantitative estimate of drug-likeness (QED) is 0.361. The number of esters is 4. The first-order valence-corrected chi connectivity index (χ1v) is 11.7. The van der Waals surface area contributed by atoms with Crippen molar-refractivity contribution in [3.63, 3.8) is 0 Å². The number of nitrogens with zero attached hydrogens (tertiary/aromatic N) is 3. The first-order valence-electron chi connectivity index (χ1n) is 11.7. The van der Waals surface area contributed by atoms with Gasteiger partial charge in [0.2, 0.25) is 11.8 Å². The van der Waals surface area contributed by atoms with Crippen molar-refractivity contribution >= 4 is 35.5 Å². The van der Waals surface area contributed by atoms with Gasteiger partial charge < -0.3 is 29.0 Å². The van der Waals surface area contributed by atoms with Crippen LogP contribution in [0.1, 0.15) is 56.5 Å². The van der Waals surface area contributed by atoms with E-state index in [0.29, 0.717) is 5.69 Å². The number of aromatic nitrogens is 3. The van der Waals surface area contributed by atoms with Crippen LogP contribution in [0.3, 0.4) is 0 Å². The van der Waals surface area contributed by atoms with Crippen LogP contribution in [0, 0.1) is 0 Å².